The summed E-state index contributed by atoms with van der Waals surface area (Å²) < 4.78 is 0. The molecule has 0 radical (unpaired) electrons. The minimum atomic E-state index is 0.0544. The van der Waals surface area contributed by atoms with Gasteiger partial charge in [-0.05, 0) is 17.5 Å². The van der Waals surface area contributed by atoms with Crippen LogP contribution >= 0.6 is 11.6 Å². The molecule has 0 bridgehead atoms. The van der Waals surface area contributed by atoms with Crippen molar-refractivity contribution in [1.29, 1.82) is 0 Å². The van der Waals surface area contributed by atoms with E-state index in [1.165, 1.54) is 0 Å². The molecule has 1 nitrogen and oxygen atoms in total. The Hall–Kier alpha value is -0.530. The van der Waals surface area contributed by atoms with E-state index >= 15 is 0 Å². The molecule has 0 saturated heterocycles. The summed E-state index contributed by atoms with van der Waals surface area (Å²) in [4.78, 5) is 0. The summed E-state index contributed by atoms with van der Waals surface area (Å²) in [5, 5.41) is 0.773. The normalized spacial score (nSPS) is 15.4. The van der Waals surface area contributed by atoms with E-state index in [1.807, 2.05) is 24.3 Å². The molecule has 1 aromatic rings. The molecule has 2 atom stereocenters. The fourth-order valence-corrected chi connectivity index (χ4v) is 1.57. The van der Waals surface area contributed by atoms with Gasteiger partial charge in [0, 0.05) is 11.1 Å². The van der Waals surface area contributed by atoms with Crippen molar-refractivity contribution in [2.45, 2.75) is 26.3 Å². The van der Waals surface area contributed by atoms with Crippen molar-refractivity contribution in [2.24, 2.45) is 11.7 Å². The summed E-state index contributed by atoms with van der Waals surface area (Å²) >= 11 is 6.04. The maximum absolute atomic E-state index is 6.07. The molecule has 72 valence electrons. The lowest BCUT2D eigenvalue weighted by Crippen LogP contribution is -2.18. The molecule has 0 aliphatic rings. The number of rotatable bonds is 3. The molecule has 0 aromatic heterocycles. The van der Waals surface area contributed by atoms with Gasteiger partial charge in [0.15, 0.2) is 0 Å². The van der Waals surface area contributed by atoms with Crippen LogP contribution in [-0.2, 0) is 0 Å². The molecule has 0 aliphatic carbocycles. The summed E-state index contributed by atoms with van der Waals surface area (Å²) in [6.45, 7) is 4.29. The zero-order valence-electron chi connectivity index (χ0n) is 8.13. The van der Waals surface area contributed by atoms with Gasteiger partial charge in [-0.1, -0.05) is 50.1 Å². The zero-order valence-corrected chi connectivity index (χ0v) is 8.88. The second kappa shape index (κ2) is 4.64. The molecular weight excluding hydrogens is 182 g/mol. The standard InChI is InChI=1S/C11H16ClN/c1-3-8(2)11(13)9-6-4-5-7-10(9)12/h4-8,11H,3,13H2,1-2H3. The van der Waals surface area contributed by atoms with Crippen molar-refractivity contribution < 1.29 is 0 Å². The van der Waals surface area contributed by atoms with Crippen LogP contribution in [-0.4, -0.2) is 0 Å². The Kier molecular flexibility index (Phi) is 3.76. The number of hydrogen-bond acceptors (Lipinski definition) is 1. The summed E-state index contributed by atoms with van der Waals surface area (Å²) in [5.41, 5.74) is 7.12. The van der Waals surface area contributed by atoms with Gasteiger partial charge in [0.1, 0.15) is 0 Å². The van der Waals surface area contributed by atoms with Crippen LogP contribution in [0.25, 0.3) is 0 Å². The van der Waals surface area contributed by atoms with Crippen molar-refractivity contribution in [2.75, 3.05) is 0 Å². The SMILES string of the molecule is CCC(C)C(N)c1ccccc1Cl. The molecule has 2 unspecified atom stereocenters. The lowest BCUT2D eigenvalue weighted by molar-refractivity contribution is 0.457. The van der Waals surface area contributed by atoms with Crippen LogP contribution in [0.2, 0.25) is 5.02 Å². The highest BCUT2D eigenvalue weighted by molar-refractivity contribution is 6.31. The first-order valence-electron chi connectivity index (χ1n) is 4.66. The smallest absolute Gasteiger partial charge is 0.0453 e. The van der Waals surface area contributed by atoms with Crippen LogP contribution in [0.15, 0.2) is 24.3 Å². The Labute approximate surface area is 84.9 Å². The molecule has 13 heavy (non-hydrogen) atoms. The number of halogens is 1. The van der Waals surface area contributed by atoms with Crippen LogP contribution < -0.4 is 5.73 Å². The lowest BCUT2D eigenvalue weighted by Gasteiger charge is -2.19. The predicted octanol–water partition coefficient (Wildman–Crippen LogP) is 3.39. The van der Waals surface area contributed by atoms with Gasteiger partial charge in [0.05, 0.1) is 0 Å². The van der Waals surface area contributed by atoms with E-state index in [0.717, 1.165) is 17.0 Å². The van der Waals surface area contributed by atoms with Crippen LogP contribution in [0.4, 0.5) is 0 Å². The highest BCUT2D eigenvalue weighted by Gasteiger charge is 2.14. The molecule has 0 saturated carbocycles. The molecule has 2 N–H and O–H groups in total. The fraction of sp³-hybridized carbons (Fsp3) is 0.455. The largest absolute Gasteiger partial charge is 0.324 e. The van der Waals surface area contributed by atoms with Crippen molar-refractivity contribution >= 4 is 11.6 Å². The van der Waals surface area contributed by atoms with Gasteiger partial charge < -0.3 is 5.73 Å². The van der Waals surface area contributed by atoms with E-state index in [1.54, 1.807) is 0 Å². The molecule has 0 heterocycles. The van der Waals surface area contributed by atoms with Gasteiger partial charge in [-0.3, -0.25) is 0 Å². The van der Waals surface area contributed by atoms with Gasteiger partial charge in [-0.25, -0.2) is 0 Å². The van der Waals surface area contributed by atoms with Crippen LogP contribution in [0.1, 0.15) is 31.9 Å². The highest BCUT2D eigenvalue weighted by Crippen LogP contribution is 2.27. The third kappa shape index (κ3) is 2.45. The Balaban J connectivity index is 2.88. The molecule has 0 amide bonds. The van der Waals surface area contributed by atoms with Crippen molar-refractivity contribution in [3.8, 4) is 0 Å². The van der Waals surface area contributed by atoms with Gasteiger partial charge in [0.25, 0.3) is 0 Å². The molecular formula is C11H16ClN. The lowest BCUT2D eigenvalue weighted by atomic mass is 9.93. The first kappa shape index (κ1) is 10.6. The monoisotopic (exact) mass is 197 g/mol. The van der Waals surface area contributed by atoms with Crippen molar-refractivity contribution in [3.05, 3.63) is 34.9 Å². The molecule has 2 heteroatoms. The van der Waals surface area contributed by atoms with E-state index in [0.29, 0.717) is 5.92 Å². The topological polar surface area (TPSA) is 26.0 Å². The Morgan fingerprint density at radius 3 is 2.54 bits per heavy atom. The van der Waals surface area contributed by atoms with Gasteiger partial charge >= 0.3 is 0 Å². The van der Waals surface area contributed by atoms with E-state index in [-0.39, 0.29) is 6.04 Å². The van der Waals surface area contributed by atoms with Gasteiger partial charge in [-0.15, -0.1) is 0 Å². The minimum absolute atomic E-state index is 0.0544. The van der Waals surface area contributed by atoms with Crippen LogP contribution in [0.5, 0.6) is 0 Å². The maximum Gasteiger partial charge on any atom is 0.0453 e. The number of nitrogens with two attached hydrogens (primary N) is 1. The summed E-state index contributed by atoms with van der Waals surface area (Å²) in [6, 6.07) is 7.84. The second-order valence-corrected chi connectivity index (χ2v) is 3.84. The minimum Gasteiger partial charge on any atom is -0.324 e. The van der Waals surface area contributed by atoms with Crippen LogP contribution in [0.3, 0.4) is 0 Å². The Morgan fingerprint density at radius 1 is 1.38 bits per heavy atom. The molecule has 0 fully saturated rings. The zero-order chi connectivity index (χ0) is 9.84. The highest BCUT2D eigenvalue weighted by atomic mass is 35.5. The predicted molar refractivity (Wildman–Crippen MR) is 57.8 cm³/mol. The van der Waals surface area contributed by atoms with E-state index in [4.69, 9.17) is 17.3 Å². The van der Waals surface area contributed by atoms with E-state index < -0.39 is 0 Å². The Bertz CT molecular complexity index is 273. The third-order valence-electron chi connectivity index (χ3n) is 2.52. The third-order valence-corrected chi connectivity index (χ3v) is 2.87. The molecule has 1 aromatic carbocycles. The van der Waals surface area contributed by atoms with Gasteiger partial charge in [0.2, 0.25) is 0 Å². The second-order valence-electron chi connectivity index (χ2n) is 3.43. The van der Waals surface area contributed by atoms with E-state index in [9.17, 15) is 0 Å². The van der Waals surface area contributed by atoms with Crippen LogP contribution in [0, 0.1) is 5.92 Å². The number of benzene rings is 1. The van der Waals surface area contributed by atoms with Gasteiger partial charge in [-0.2, -0.15) is 0 Å². The summed E-state index contributed by atoms with van der Waals surface area (Å²) in [5.74, 6) is 0.472. The molecule has 0 spiro atoms. The Morgan fingerprint density at radius 2 is 2.00 bits per heavy atom. The average molecular weight is 198 g/mol. The first-order valence-corrected chi connectivity index (χ1v) is 5.04. The van der Waals surface area contributed by atoms with E-state index in [2.05, 4.69) is 13.8 Å². The quantitative estimate of drug-likeness (QED) is 0.790. The van der Waals surface area contributed by atoms with Crippen molar-refractivity contribution in [1.82, 2.24) is 0 Å². The summed E-state index contributed by atoms with van der Waals surface area (Å²) in [6.07, 6.45) is 1.08. The molecule has 0 aliphatic heterocycles. The molecule has 1 rings (SSSR count). The fourth-order valence-electron chi connectivity index (χ4n) is 1.31. The summed E-state index contributed by atoms with van der Waals surface area (Å²) in [7, 11) is 0. The van der Waals surface area contributed by atoms with Crippen molar-refractivity contribution in [3.63, 3.8) is 0 Å². The number of hydrogen-bond donors (Lipinski definition) is 1. The average Bonchev–Trinajstić information content (AvgIpc) is 2.16. The maximum atomic E-state index is 6.07. The first-order chi connectivity index (χ1) is 6.16.